The molecule has 1 fully saturated rings. The number of carbonyl (C=O) groups is 1. The van der Waals surface area contributed by atoms with E-state index in [9.17, 15) is 13.2 Å². The highest BCUT2D eigenvalue weighted by Crippen LogP contribution is 2.48. The maximum atomic E-state index is 12.9. The molecule has 0 unspecified atom stereocenters. The van der Waals surface area contributed by atoms with Gasteiger partial charge in [-0.1, -0.05) is 41.9 Å². The Bertz CT molecular complexity index is 844. The second-order valence-electron chi connectivity index (χ2n) is 6.10. The molecular formula is C18H18ClNO3S. The zero-order valence-corrected chi connectivity index (χ0v) is 14.8. The summed E-state index contributed by atoms with van der Waals surface area (Å²) in [6, 6.07) is 15.5. The number of hydrogen-bond donors (Lipinski definition) is 0. The normalized spacial score (nSPS) is 15.8. The largest absolute Gasteiger partial charge is 0.340 e. The molecule has 0 spiro atoms. The van der Waals surface area contributed by atoms with E-state index >= 15 is 0 Å². The quantitative estimate of drug-likeness (QED) is 0.819. The van der Waals surface area contributed by atoms with Crippen LogP contribution in [0.5, 0.6) is 0 Å². The molecule has 126 valence electrons. The number of sulfone groups is 1. The highest BCUT2D eigenvalue weighted by Gasteiger charge is 2.62. The van der Waals surface area contributed by atoms with Crippen molar-refractivity contribution in [3.05, 3.63) is 65.2 Å². The summed E-state index contributed by atoms with van der Waals surface area (Å²) in [5, 5.41) is 0.464. The van der Waals surface area contributed by atoms with Crippen molar-refractivity contribution in [3.8, 4) is 0 Å². The van der Waals surface area contributed by atoms with Gasteiger partial charge in [0.15, 0.2) is 14.6 Å². The van der Waals surface area contributed by atoms with Crippen LogP contribution in [0, 0.1) is 0 Å². The first kappa shape index (κ1) is 17.0. The minimum atomic E-state index is -3.73. The standard InChI is InChI=1S/C18H18ClNO3S/c1-20(13-14-5-3-2-4-6-14)17(21)18(11-12-18)24(22,23)16-9-7-15(19)8-10-16/h2-10H,11-13H2,1H3. The van der Waals surface area contributed by atoms with Gasteiger partial charge in [0, 0.05) is 18.6 Å². The van der Waals surface area contributed by atoms with E-state index < -0.39 is 14.6 Å². The monoisotopic (exact) mass is 363 g/mol. The lowest BCUT2D eigenvalue weighted by atomic mass is 10.2. The van der Waals surface area contributed by atoms with Crippen LogP contribution in [0.2, 0.25) is 5.02 Å². The van der Waals surface area contributed by atoms with Crippen molar-refractivity contribution < 1.29 is 13.2 Å². The number of halogens is 1. The van der Waals surface area contributed by atoms with Gasteiger partial charge in [-0.15, -0.1) is 0 Å². The second-order valence-corrected chi connectivity index (χ2v) is 8.79. The maximum Gasteiger partial charge on any atom is 0.244 e. The van der Waals surface area contributed by atoms with Crippen molar-refractivity contribution in [3.63, 3.8) is 0 Å². The Hall–Kier alpha value is -1.85. The molecule has 0 bridgehead atoms. The number of nitrogens with zero attached hydrogens (tertiary/aromatic N) is 1. The van der Waals surface area contributed by atoms with Crippen LogP contribution in [0.25, 0.3) is 0 Å². The van der Waals surface area contributed by atoms with Crippen LogP contribution in [0.1, 0.15) is 18.4 Å². The number of carbonyl (C=O) groups excluding carboxylic acids is 1. The van der Waals surface area contributed by atoms with Gasteiger partial charge in [-0.25, -0.2) is 8.42 Å². The average Bonchev–Trinajstić information content (AvgIpc) is 3.38. The Kier molecular flexibility index (Phi) is 4.40. The van der Waals surface area contributed by atoms with Crippen LogP contribution in [0.3, 0.4) is 0 Å². The van der Waals surface area contributed by atoms with Crippen molar-refractivity contribution in [2.45, 2.75) is 29.0 Å². The minimum Gasteiger partial charge on any atom is -0.340 e. The van der Waals surface area contributed by atoms with Crippen LogP contribution >= 0.6 is 11.6 Å². The average molecular weight is 364 g/mol. The number of amides is 1. The Morgan fingerprint density at radius 1 is 1.08 bits per heavy atom. The van der Waals surface area contributed by atoms with Crippen molar-refractivity contribution in [1.29, 1.82) is 0 Å². The van der Waals surface area contributed by atoms with Gasteiger partial charge < -0.3 is 4.90 Å². The summed E-state index contributed by atoms with van der Waals surface area (Å²) < 4.78 is 24.5. The molecule has 1 amide bonds. The third kappa shape index (κ3) is 2.94. The third-order valence-electron chi connectivity index (χ3n) is 4.34. The smallest absolute Gasteiger partial charge is 0.244 e. The van der Waals surface area contributed by atoms with Gasteiger partial charge in [-0.05, 0) is 42.7 Å². The molecular weight excluding hydrogens is 346 g/mol. The summed E-state index contributed by atoms with van der Waals surface area (Å²) in [5.41, 5.74) is 0.966. The Labute approximate surface area is 147 Å². The summed E-state index contributed by atoms with van der Waals surface area (Å²) in [4.78, 5) is 14.5. The number of hydrogen-bond acceptors (Lipinski definition) is 3. The Morgan fingerprint density at radius 3 is 2.21 bits per heavy atom. The number of benzene rings is 2. The molecule has 0 aromatic heterocycles. The highest BCUT2D eigenvalue weighted by molar-refractivity contribution is 7.94. The van der Waals surface area contributed by atoms with Gasteiger partial charge in [-0.2, -0.15) is 0 Å². The molecule has 2 aromatic rings. The van der Waals surface area contributed by atoms with Gasteiger partial charge in [0.05, 0.1) is 4.90 Å². The zero-order chi connectivity index (χ0) is 17.4. The van der Waals surface area contributed by atoms with Gasteiger partial charge >= 0.3 is 0 Å². The highest BCUT2D eigenvalue weighted by atomic mass is 35.5. The molecule has 1 saturated carbocycles. The summed E-state index contributed by atoms with van der Waals surface area (Å²) >= 11 is 5.82. The zero-order valence-electron chi connectivity index (χ0n) is 13.3. The van der Waals surface area contributed by atoms with E-state index in [4.69, 9.17) is 11.6 Å². The molecule has 3 rings (SSSR count). The molecule has 0 heterocycles. The lowest BCUT2D eigenvalue weighted by molar-refractivity contribution is -0.130. The van der Waals surface area contributed by atoms with Gasteiger partial charge in [0.2, 0.25) is 5.91 Å². The van der Waals surface area contributed by atoms with Crippen LogP contribution in [-0.4, -0.2) is 31.0 Å². The molecule has 24 heavy (non-hydrogen) atoms. The van der Waals surface area contributed by atoms with E-state index in [1.807, 2.05) is 30.3 Å². The fourth-order valence-corrected chi connectivity index (χ4v) is 4.92. The third-order valence-corrected chi connectivity index (χ3v) is 7.10. The Morgan fingerprint density at radius 2 is 1.67 bits per heavy atom. The molecule has 1 aliphatic rings. The second kappa shape index (κ2) is 6.22. The van der Waals surface area contributed by atoms with Crippen LogP contribution in [0.15, 0.2) is 59.5 Å². The molecule has 2 aromatic carbocycles. The van der Waals surface area contributed by atoms with E-state index in [0.717, 1.165) is 5.56 Å². The molecule has 0 aliphatic heterocycles. The molecule has 4 nitrogen and oxygen atoms in total. The predicted octanol–water partition coefficient (Wildman–Crippen LogP) is 3.30. The molecule has 0 radical (unpaired) electrons. The van der Waals surface area contributed by atoms with Gasteiger partial charge in [0.1, 0.15) is 0 Å². The molecule has 1 aliphatic carbocycles. The van der Waals surface area contributed by atoms with E-state index in [1.54, 1.807) is 7.05 Å². The summed E-state index contributed by atoms with van der Waals surface area (Å²) in [6.45, 7) is 0.386. The molecule has 0 N–H and O–H groups in total. The molecule has 6 heteroatoms. The number of rotatable bonds is 5. The summed E-state index contributed by atoms with van der Waals surface area (Å²) in [6.07, 6.45) is 0.714. The van der Waals surface area contributed by atoms with Gasteiger partial charge in [0.25, 0.3) is 0 Å². The Balaban J connectivity index is 1.84. The minimum absolute atomic E-state index is 0.144. The van der Waals surface area contributed by atoms with E-state index in [2.05, 4.69) is 0 Å². The lowest BCUT2D eigenvalue weighted by Gasteiger charge is -2.24. The first-order chi connectivity index (χ1) is 11.4. The van der Waals surface area contributed by atoms with Gasteiger partial charge in [-0.3, -0.25) is 4.79 Å². The topological polar surface area (TPSA) is 54.5 Å². The summed E-state index contributed by atoms with van der Waals surface area (Å²) in [7, 11) is -2.08. The van der Waals surface area contributed by atoms with Crippen molar-refractivity contribution in [1.82, 2.24) is 4.90 Å². The maximum absolute atomic E-state index is 12.9. The van der Waals surface area contributed by atoms with Crippen LogP contribution in [0.4, 0.5) is 0 Å². The molecule has 0 saturated heterocycles. The lowest BCUT2D eigenvalue weighted by Crippen LogP contribution is -2.42. The fourth-order valence-electron chi connectivity index (χ4n) is 2.83. The van der Waals surface area contributed by atoms with E-state index in [-0.39, 0.29) is 10.8 Å². The van der Waals surface area contributed by atoms with Crippen molar-refractivity contribution >= 4 is 27.3 Å². The first-order valence-corrected chi connectivity index (χ1v) is 9.53. The first-order valence-electron chi connectivity index (χ1n) is 7.66. The van der Waals surface area contributed by atoms with E-state index in [0.29, 0.717) is 24.4 Å². The summed E-state index contributed by atoms with van der Waals surface area (Å²) in [5.74, 6) is -0.346. The van der Waals surface area contributed by atoms with Crippen molar-refractivity contribution in [2.24, 2.45) is 0 Å². The fraction of sp³-hybridized carbons (Fsp3) is 0.278. The predicted molar refractivity (Wildman–Crippen MR) is 93.5 cm³/mol. The molecule has 0 atom stereocenters. The van der Waals surface area contributed by atoms with Crippen LogP contribution in [-0.2, 0) is 21.2 Å². The van der Waals surface area contributed by atoms with E-state index in [1.165, 1.54) is 29.2 Å². The van der Waals surface area contributed by atoms with Crippen LogP contribution < -0.4 is 0 Å². The van der Waals surface area contributed by atoms with Crippen molar-refractivity contribution in [2.75, 3.05) is 7.05 Å². The SMILES string of the molecule is CN(Cc1ccccc1)C(=O)C1(S(=O)(=O)c2ccc(Cl)cc2)CC1.